The number of hydrogen-bond donors (Lipinski definition) is 2. The molecule has 23 heavy (non-hydrogen) atoms. The molecule has 122 valence electrons. The number of aromatic nitrogens is 1. The van der Waals surface area contributed by atoms with E-state index >= 15 is 0 Å². The monoisotopic (exact) mass is 323 g/mol. The highest BCUT2D eigenvalue weighted by Gasteiger charge is 2.32. The molecule has 1 aromatic carbocycles. The van der Waals surface area contributed by atoms with Crippen molar-refractivity contribution in [2.45, 2.75) is 12.2 Å². The van der Waals surface area contributed by atoms with Gasteiger partial charge in [0.25, 0.3) is 0 Å². The molecule has 2 aromatic rings. The van der Waals surface area contributed by atoms with Gasteiger partial charge in [0.2, 0.25) is 0 Å². The smallest absolute Gasteiger partial charge is 0.337 e. The zero-order valence-electron chi connectivity index (χ0n) is 12.7. The molecule has 1 saturated heterocycles. The van der Waals surface area contributed by atoms with Gasteiger partial charge in [-0.2, -0.15) is 13.2 Å². The van der Waals surface area contributed by atoms with Gasteiger partial charge in [-0.15, -0.1) is 0 Å². The van der Waals surface area contributed by atoms with Crippen LogP contribution in [0.25, 0.3) is 0 Å². The summed E-state index contributed by atoms with van der Waals surface area (Å²) in [5.41, 5.74) is 1.41. The molecule has 0 bridgehead atoms. The molecule has 1 aromatic heterocycles. The molecule has 1 aliphatic rings. The molecule has 0 spiro atoms. The summed E-state index contributed by atoms with van der Waals surface area (Å²) < 4.78 is 38.3. The summed E-state index contributed by atoms with van der Waals surface area (Å²) in [6.07, 6.45) is -0.818. The van der Waals surface area contributed by atoms with Crippen LogP contribution in [0.2, 0.25) is 0 Å². The zero-order valence-corrected chi connectivity index (χ0v) is 12.7. The maximum Gasteiger partial charge on any atom is 0.416 e. The third-order valence-corrected chi connectivity index (χ3v) is 4.36. The fourth-order valence-electron chi connectivity index (χ4n) is 3.22. The van der Waals surface area contributed by atoms with Gasteiger partial charge in [0.15, 0.2) is 0 Å². The molecule has 0 saturated carbocycles. The van der Waals surface area contributed by atoms with Gasteiger partial charge in [-0.1, -0.05) is 12.1 Å². The van der Waals surface area contributed by atoms with Gasteiger partial charge < -0.3 is 10.2 Å². The Kier molecular flexibility index (Phi) is 4.63. The molecule has 0 aliphatic carbocycles. The SMILES string of the molecule is FC(F)(F)c1ccc([C@@H](c2ccncc2)[NH+]2CC[NH2+]CC2)cc1. The van der Waals surface area contributed by atoms with Gasteiger partial charge in [0.05, 0.1) is 5.56 Å². The van der Waals surface area contributed by atoms with Gasteiger partial charge in [-0.25, -0.2) is 0 Å². The number of nitrogens with two attached hydrogens (primary N) is 1. The van der Waals surface area contributed by atoms with E-state index in [9.17, 15) is 13.2 Å². The van der Waals surface area contributed by atoms with Crippen LogP contribution < -0.4 is 10.2 Å². The van der Waals surface area contributed by atoms with E-state index in [2.05, 4.69) is 10.3 Å². The second kappa shape index (κ2) is 6.68. The second-order valence-electron chi connectivity index (χ2n) is 5.86. The maximum absolute atomic E-state index is 12.8. The van der Waals surface area contributed by atoms with Crippen molar-refractivity contribution in [1.82, 2.24) is 4.98 Å². The predicted molar refractivity (Wildman–Crippen MR) is 79.9 cm³/mol. The van der Waals surface area contributed by atoms with Gasteiger partial charge in [0, 0.05) is 23.5 Å². The summed E-state index contributed by atoms with van der Waals surface area (Å²) >= 11 is 0. The number of hydrogen-bond acceptors (Lipinski definition) is 1. The molecule has 3 rings (SSSR count). The number of piperazine rings is 1. The minimum atomic E-state index is -4.29. The Morgan fingerprint density at radius 1 is 0.913 bits per heavy atom. The second-order valence-corrected chi connectivity index (χ2v) is 5.86. The summed E-state index contributed by atoms with van der Waals surface area (Å²) in [7, 11) is 0. The average molecular weight is 323 g/mol. The van der Waals surface area contributed by atoms with E-state index in [0.29, 0.717) is 0 Å². The Labute approximate surface area is 133 Å². The molecule has 2 heterocycles. The predicted octanol–water partition coefficient (Wildman–Crippen LogP) is 0.652. The minimum absolute atomic E-state index is 0.0500. The summed E-state index contributed by atoms with van der Waals surface area (Å²) in [6.45, 7) is 4.07. The summed E-state index contributed by atoms with van der Waals surface area (Å²) in [5.74, 6) is 0. The molecule has 0 radical (unpaired) electrons. The summed E-state index contributed by atoms with van der Waals surface area (Å²) in [4.78, 5) is 5.44. The fraction of sp³-hybridized carbons (Fsp3) is 0.353. The van der Waals surface area contributed by atoms with Crippen LogP contribution in [0.4, 0.5) is 13.2 Å². The maximum atomic E-state index is 12.8. The summed E-state index contributed by atoms with van der Waals surface area (Å²) in [6, 6.07) is 9.53. The number of rotatable bonds is 3. The lowest BCUT2D eigenvalue weighted by Crippen LogP contribution is -3.20. The molecule has 1 aliphatic heterocycles. The molecule has 0 amide bonds. The lowest BCUT2D eigenvalue weighted by atomic mass is 9.96. The van der Waals surface area contributed by atoms with E-state index in [0.717, 1.165) is 37.3 Å². The number of nitrogens with one attached hydrogen (secondary N) is 1. The van der Waals surface area contributed by atoms with E-state index in [1.165, 1.54) is 17.0 Å². The zero-order chi connectivity index (χ0) is 16.3. The van der Waals surface area contributed by atoms with Crippen LogP contribution in [0.15, 0.2) is 48.8 Å². The average Bonchev–Trinajstić information content (AvgIpc) is 2.57. The first-order valence-electron chi connectivity index (χ1n) is 7.79. The quantitative estimate of drug-likeness (QED) is 0.855. The van der Waals surface area contributed by atoms with E-state index in [1.54, 1.807) is 24.5 Å². The number of alkyl halides is 3. The largest absolute Gasteiger partial charge is 0.416 e. The van der Waals surface area contributed by atoms with E-state index < -0.39 is 11.7 Å². The molecule has 3 nitrogen and oxygen atoms in total. The van der Waals surface area contributed by atoms with Crippen molar-refractivity contribution in [1.29, 1.82) is 0 Å². The van der Waals surface area contributed by atoms with Crippen molar-refractivity contribution < 1.29 is 23.4 Å². The lowest BCUT2D eigenvalue weighted by molar-refractivity contribution is -0.967. The molecular weight excluding hydrogens is 303 g/mol. The van der Waals surface area contributed by atoms with Crippen LogP contribution in [-0.2, 0) is 6.18 Å². The van der Waals surface area contributed by atoms with Crippen molar-refractivity contribution in [3.63, 3.8) is 0 Å². The molecular formula is C17H20F3N3+2. The number of nitrogens with zero attached hydrogens (tertiary/aromatic N) is 1. The third kappa shape index (κ3) is 3.71. The van der Waals surface area contributed by atoms with Crippen LogP contribution >= 0.6 is 0 Å². The molecule has 1 atom stereocenters. The molecule has 3 N–H and O–H groups in total. The fourth-order valence-corrected chi connectivity index (χ4v) is 3.22. The number of benzene rings is 1. The summed E-state index contributed by atoms with van der Waals surface area (Å²) in [5, 5.41) is 2.28. The van der Waals surface area contributed by atoms with Crippen LogP contribution in [0, 0.1) is 0 Å². The van der Waals surface area contributed by atoms with Crippen molar-refractivity contribution in [3.8, 4) is 0 Å². The van der Waals surface area contributed by atoms with Crippen molar-refractivity contribution in [2.75, 3.05) is 26.2 Å². The Morgan fingerprint density at radius 2 is 1.48 bits per heavy atom. The lowest BCUT2D eigenvalue weighted by Gasteiger charge is -2.31. The standard InChI is InChI=1S/C17H18F3N3/c18-17(19,20)15-3-1-13(2-4-15)16(14-5-7-21-8-6-14)23-11-9-22-10-12-23/h1-8,16,22H,9-12H2/p+2/t16-/m0/s1. The number of halogens is 3. The van der Waals surface area contributed by atoms with Gasteiger partial charge in [0.1, 0.15) is 32.2 Å². The normalized spacial score (nSPS) is 17.9. The van der Waals surface area contributed by atoms with Gasteiger partial charge in [-0.3, -0.25) is 4.98 Å². The van der Waals surface area contributed by atoms with Gasteiger partial charge in [-0.05, 0) is 24.3 Å². The Morgan fingerprint density at radius 3 is 2.04 bits per heavy atom. The van der Waals surface area contributed by atoms with Crippen LogP contribution in [0.1, 0.15) is 22.7 Å². The number of pyridine rings is 1. The van der Waals surface area contributed by atoms with Crippen molar-refractivity contribution >= 4 is 0 Å². The van der Waals surface area contributed by atoms with Gasteiger partial charge >= 0.3 is 6.18 Å². The first-order valence-corrected chi connectivity index (χ1v) is 7.79. The highest BCUT2D eigenvalue weighted by molar-refractivity contribution is 5.31. The van der Waals surface area contributed by atoms with E-state index in [4.69, 9.17) is 0 Å². The van der Waals surface area contributed by atoms with E-state index in [1.807, 2.05) is 12.1 Å². The van der Waals surface area contributed by atoms with Crippen LogP contribution in [0.3, 0.4) is 0 Å². The van der Waals surface area contributed by atoms with Crippen molar-refractivity contribution in [2.24, 2.45) is 0 Å². The highest BCUT2D eigenvalue weighted by atomic mass is 19.4. The Bertz CT molecular complexity index is 620. The Hall–Kier alpha value is -1.92. The molecule has 6 heteroatoms. The molecule has 0 unspecified atom stereocenters. The topological polar surface area (TPSA) is 33.9 Å². The first kappa shape index (κ1) is 16.0. The third-order valence-electron chi connectivity index (χ3n) is 4.36. The van der Waals surface area contributed by atoms with E-state index in [-0.39, 0.29) is 6.04 Å². The van der Waals surface area contributed by atoms with Crippen LogP contribution in [-0.4, -0.2) is 31.2 Å². The van der Waals surface area contributed by atoms with Crippen LogP contribution in [0.5, 0.6) is 0 Å². The minimum Gasteiger partial charge on any atom is -0.337 e. The number of quaternary nitrogens is 2. The van der Waals surface area contributed by atoms with Crippen molar-refractivity contribution in [3.05, 3.63) is 65.5 Å². The Balaban J connectivity index is 1.94. The highest BCUT2D eigenvalue weighted by Crippen LogP contribution is 2.30. The molecule has 1 fully saturated rings. The first-order chi connectivity index (χ1) is 11.1.